The molecule has 120 valence electrons. The Morgan fingerprint density at radius 2 is 2.05 bits per heavy atom. The molecule has 0 amide bonds. The molecule has 7 heteroatoms. The van der Waals surface area contributed by atoms with Crippen LogP contribution in [0.1, 0.15) is 39.5 Å². The average Bonchev–Trinajstić information content (AvgIpc) is 2.44. The Morgan fingerprint density at radius 1 is 1.25 bits per heavy atom. The summed E-state index contributed by atoms with van der Waals surface area (Å²) in [5, 5.41) is 3.32. The van der Waals surface area contributed by atoms with Crippen molar-refractivity contribution >= 4 is 10.2 Å². The van der Waals surface area contributed by atoms with Gasteiger partial charge in [-0.05, 0) is 32.7 Å². The van der Waals surface area contributed by atoms with Crippen LogP contribution >= 0.6 is 0 Å². The Labute approximate surface area is 123 Å². The van der Waals surface area contributed by atoms with Crippen molar-refractivity contribution in [3.05, 3.63) is 0 Å². The number of nitrogens with one attached hydrogen (secondary N) is 2. The third kappa shape index (κ3) is 6.05. The van der Waals surface area contributed by atoms with E-state index in [1.54, 1.807) is 4.31 Å². The maximum Gasteiger partial charge on any atom is 0.279 e. The Balaban J connectivity index is 2.49. The SMILES string of the molecule is CCCNCC1CCCCN1S(=O)(=O)NCCOCC. The van der Waals surface area contributed by atoms with Crippen molar-refractivity contribution in [2.24, 2.45) is 0 Å². The molecule has 0 bridgehead atoms. The van der Waals surface area contributed by atoms with Crippen LogP contribution in [-0.2, 0) is 14.9 Å². The van der Waals surface area contributed by atoms with E-state index in [4.69, 9.17) is 4.74 Å². The molecule has 0 aromatic carbocycles. The number of rotatable bonds is 10. The Bertz CT molecular complexity index is 349. The molecule has 2 N–H and O–H groups in total. The van der Waals surface area contributed by atoms with Crippen molar-refractivity contribution in [1.82, 2.24) is 14.3 Å². The molecule has 1 saturated heterocycles. The molecule has 0 saturated carbocycles. The maximum absolute atomic E-state index is 12.3. The summed E-state index contributed by atoms with van der Waals surface area (Å²) in [5.41, 5.74) is 0. The number of piperidine rings is 1. The van der Waals surface area contributed by atoms with Gasteiger partial charge < -0.3 is 10.1 Å². The van der Waals surface area contributed by atoms with Crippen molar-refractivity contribution in [2.45, 2.75) is 45.6 Å². The van der Waals surface area contributed by atoms with E-state index in [2.05, 4.69) is 17.0 Å². The predicted octanol–water partition coefficient (Wildman–Crippen LogP) is 0.711. The van der Waals surface area contributed by atoms with Crippen LogP contribution in [0.2, 0.25) is 0 Å². The molecular formula is C13H29N3O3S. The second kappa shape index (κ2) is 9.68. The van der Waals surface area contributed by atoms with Crippen molar-refractivity contribution in [3.63, 3.8) is 0 Å². The molecular weight excluding hydrogens is 278 g/mol. The second-order valence-electron chi connectivity index (χ2n) is 5.06. The van der Waals surface area contributed by atoms with Crippen LogP contribution in [0.15, 0.2) is 0 Å². The van der Waals surface area contributed by atoms with Gasteiger partial charge in [0.25, 0.3) is 10.2 Å². The molecule has 0 spiro atoms. The molecule has 1 aliphatic heterocycles. The molecule has 0 aromatic heterocycles. The van der Waals surface area contributed by atoms with Crippen LogP contribution in [0, 0.1) is 0 Å². The first kappa shape index (κ1) is 17.8. The Morgan fingerprint density at radius 3 is 2.75 bits per heavy atom. The van der Waals surface area contributed by atoms with Gasteiger partial charge in [-0.15, -0.1) is 0 Å². The molecule has 20 heavy (non-hydrogen) atoms. The average molecular weight is 307 g/mol. The fraction of sp³-hybridized carbons (Fsp3) is 1.00. The summed E-state index contributed by atoms with van der Waals surface area (Å²) >= 11 is 0. The van der Waals surface area contributed by atoms with Gasteiger partial charge in [0.15, 0.2) is 0 Å². The molecule has 1 heterocycles. The van der Waals surface area contributed by atoms with Gasteiger partial charge in [0.1, 0.15) is 0 Å². The lowest BCUT2D eigenvalue weighted by atomic mass is 10.1. The molecule has 6 nitrogen and oxygen atoms in total. The van der Waals surface area contributed by atoms with Crippen LogP contribution in [0.3, 0.4) is 0 Å². The lowest BCUT2D eigenvalue weighted by Crippen LogP contribution is -2.52. The minimum atomic E-state index is -3.39. The summed E-state index contributed by atoms with van der Waals surface area (Å²) in [6, 6.07) is 0.0693. The number of hydrogen-bond acceptors (Lipinski definition) is 4. The minimum Gasteiger partial charge on any atom is -0.380 e. The van der Waals surface area contributed by atoms with Gasteiger partial charge in [0.05, 0.1) is 6.61 Å². The summed E-state index contributed by atoms with van der Waals surface area (Å²) in [4.78, 5) is 0. The Kier molecular flexibility index (Phi) is 8.63. The second-order valence-corrected chi connectivity index (χ2v) is 6.77. The van der Waals surface area contributed by atoms with Crippen LogP contribution < -0.4 is 10.0 Å². The lowest BCUT2D eigenvalue weighted by molar-refractivity contribution is 0.152. The zero-order chi connectivity index (χ0) is 14.8. The molecule has 0 radical (unpaired) electrons. The van der Waals surface area contributed by atoms with Gasteiger partial charge in [-0.3, -0.25) is 0 Å². The van der Waals surface area contributed by atoms with Gasteiger partial charge in [-0.2, -0.15) is 17.4 Å². The van der Waals surface area contributed by atoms with Gasteiger partial charge in [-0.1, -0.05) is 13.3 Å². The van der Waals surface area contributed by atoms with Gasteiger partial charge >= 0.3 is 0 Å². The van der Waals surface area contributed by atoms with Gasteiger partial charge in [-0.25, -0.2) is 0 Å². The Hall–Kier alpha value is -0.210. The highest BCUT2D eigenvalue weighted by atomic mass is 32.2. The topological polar surface area (TPSA) is 70.7 Å². The summed E-state index contributed by atoms with van der Waals surface area (Å²) in [6.07, 6.45) is 4.04. The van der Waals surface area contributed by atoms with E-state index >= 15 is 0 Å². The fourth-order valence-electron chi connectivity index (χ4n) is 2.41. The predicted molar refractivity (Wildman–Crippen MR) is 80.9 cm³/mol. The normalized spacial score (nSPS) is 21.2. The molecule has 0 aliphatic carbocycles. The first-order valence-electron chi connectivity index (χ1n) is 7.66. The van der Waals surface area contributed by atoms with E-state index in [0.717, 1.165) is 38.8 Å². The van der Waals surface area contributed by atoms with E-state index in [1.807, 2.05) is 6.92 Å². The number of nitrogens with zero attached hydrogens (tertiary/aromatic N) is 1. The highest BCUT2D eigenvalue weighted by molar-refractivity contribution is 7.87. The van der Waals surface area contributed by atoms with Crippen molar-refractivity contribution < 1.29 is 13.2 Å². The zero-order valence-corrected chi connectivity index (χ0v) is 13.5. The maximum atomic E-state index is 12.3. The van der Waals surface area contributed by atoms with E-state index in [0.29, 0.717) is 26.3 Å². The van der Waals surface area contributed by atoms with E-state index in [9.17, 15) is 8.42 Å². The van der Waals surface area contributed by atoms with Crippen LogP contribution in [-0.4, -0.2) is 58.2 Å². The third-order valence-electron chi connectivity index (χ3n) is 3.42. The summed E-state index contributed by atoms with van der Waals surface area (Å²) < 4.78 is 34.1. The highest BCUT2D eigenvalue weighted by Crippen LogP contribution is 2.19. The van der Waals surface area contributed by atoms with E-state index in [-0.39, 0.29) is 6.04 Å². The van der Waals surface area contributed by atoms with E-state index in [1.165, 1.54) is 0 Å². The smallest absolute Gasteiger partial charge is 0.279 e. The summed E-state index contributed by atoms with van der Waals surface area (Å²) in [6.45, 7) is 7.65. The summed E-state index contributed by atoms with van der Waals surface area (Å²) in [7, 11) is -3.39. The van der Waals surface area contributed by atoms with Crippen LogP contribution in [0.5, 0.6) is 0 Å². The number of hydrogen-bond donors (Lipinski definition) is 2. The van der Waals surface area contributed by atoms with Crippen molar-refractivity contribution in [2.75, 3.05) is 39.4 Å². The zero-order valence-electron chi connectivity index (χ0n) is 12.7. The van der Waals surface area contributed by atoms with Crippen molar-refractivity contribution in [1.29, 1.82) is 0 Å². The summed E-state index contributed by atoms with van der Waals surface area (Å²) in [5.74, 6) is 0. The molecule has 1 unspecified atom stereocenters. The third-order valence-corrected chi connectivity index (χ3v) is 5.09. The molecule has 1 atom stereocenters. The number of ether oxygens (including phenoxy) is 1. The van der Waals surface area contributed by atoms with Gasteiger partial charge in [0.2, 0.25) is 0 Å². The fourth-order valence-corrected chi connectivity index (χ4v) is 3.86. The first-order valence-corrected chi connectivity index (χ1v) is 9.10. The highest BCUT2D eigenvalue weighted by Gasteiger charge is 2.31. The van der Waals surface area contributed by atoms with Crippen molar-refractivity contribution in [3.8, 4) is 0 Å². The van der Waals surface area contributed by atoms with Crippen LogP contribution in [0.25, 0.3) is 0 Å². The molecule has 1 rings (SSSR count). The largest absolute Gasteiger partial charge is 0.380 e. The molecule has 1 aliphatic rings. The lowest BCUT2D eigenvalue weighted by Gasteiger charge is -2.34. The molecule has 0 aromatic rings. The monoisotopic (exact) mass is 307 g/mol. The quantitative estimate of drug-likeness (QED) is 0.583. The van der Waals surface area contributed by atoms with Gasteiger partial charge in [0, 0.05) is 32.3 Å². The first-order chi connectivity index (χ1) is 9.61. The molecule has 1 fully saturated rings. The standard InChI is InChI=1S/C13H29N3O3S/c1-3-8-14-12-13-7-5-6-10-16(13)20(17,18)15-9-11-19-4-2/h13-15H,3-12H2,1-2H3. The van der Waals surface area contributed by atoms with Crippen LogP contribution in [0.4, 0.5) is 0 Å². The van der Waals surface area contributed by atoms with E-state index < -0.39 is 10.2 Å². The minimum absolute atomic E-state index is 0.0693.